The van der Waals surface area contributed by atoms with Gasteiger partial charge in [-0.1, -0.05) is 26.0 Å². The Kier molecular flexibility index (Phi) is 7.86. The van der Waals surface area contributed by atoms with Crippen molar-refractivity contribution in [2.24, 2.45) is 0 Å². The van der Waals surface area contributed by atoms with Crippen molar-refractivity contribution in [1.29, 1.82) is 0 Å². The zero-order valence-electron chi connectivity index (χ0n) is 18.4. The standard InChI is InChI=1S/C22H30N2O5S/c1-7-24(8-2)30(26,27)21-14-18(10-9-15(21)3)22(25)23-16(4)17-11-12-19(28-5)20(13-17)29-6/h9-14,16H,7-8H2,1-6H3,(H,23,25). The number of ether oxygens (including phenoxy) is 2. The van der Waals surface area contributed by atoms with E-state index in [1.54, 1.807) is 59.3 Å². The first-order chi connectivity index (χ1) is 14.2. The van der Waals surface area contributed by atoms with Crippen LogP contribution in [0.3, 0.4) is 0 Å². The summed E-state index contributed by atoms with van der Waals surface area (Å²) in [5.41, 5.74) is 1.73. The molecular formula is C22H30N2O5S. The quantitative estimate of drug-likeness (QED) is 0.653. The predicted molar refractivity (Wildman–Crippen MR) is 117 cm³/mol. The Balaban J connectivity index is 2.30. The molecule has 0 aliphatic carbocycles. The number of nitrogens with one attached hydrogen (secondary N) is 1. The third-order valence-electron chi connectivity index (χ3n) is 5.03. The van der Waals surface area contributed by atoms with Gasteiger partial charge in [-0.2, -0.15) is 4.31 Å². The minimum absolute atomic E-state index is 0.151. The van der Waals surface area contributed by atoms with E-state index >= 15 is 0 Å². The first-order valence-electron chi connectivity index (χ1n) is 9.83. The lowest BCUT2D eigenvalue weighted by Gasteiger charge is -2.21. The lowest BCUT2D eigenvalue weighted by molar-refractivity contribution is 0.0939. The van der Waals surface area contributed by atoms with Crippen LogP contribution in [-0.4, -0.2) is 45.9 Å². The van der Waals surface area contributed by atoms with Gasteiger partial charge in [0.1, 0.15) is 0 Å². The number of nitrogens with zero attached hydrogens (tertiary/aromatic N) is 1. The van der Waals surface area contributed by atoms with Crippen molar-refractivity contribution < 1.29 is 22.7 Å². The maximum Gasteiger partial charge on any atom is 0.251 e. The van der Waals surface area contributed by atoms with Crippen LogP contribution < -0.4 is 14.8 Å². The van der Waals surface area contributed by atoms with E-state index in [2.05, 4.69) is 5.32 Å². The molecule has 1 N–H and O–H groups in total. The highest BCUT2D eigenvalue weighted by atomic mass is 32.2. The Hall–Kier alpha value is -2.58. The minimum atomic E-state index is -3.66. The molecular weight excluding hydrogens is 404 g/mol. The molecule has 0 saturated heterocycles. The predicted octanol–water partition coefficient (Wildman–Crippen LogP) is 3.53. The number of amides is 1. The molecule has 0 heterocycles. The highest BCUT2D eigenvalue weighted by Gasteiger charge is 2.25. The highest BCUT2D eigenvalue weighted by molar-refractivity contribution is 7.89. The molecule has 0 aliphatic rings. The van der Waals surface area contributed by atoms with Gasteiger partial charge in [0.2, 0.25) is 10.0 Å². The Morgan fingerprint density at radius 2 is 1.67 bits per heavy atom. The molecule has 2 aromatic carbocycles. The van der Waals surface area contributed by atoms with E-state index in [0.29, 0.717) is 35.7 Å². The minimum Gasteiger partial charge on any atom is -0.493 e. The fourth-order valence-corrected chi connectivity index (χ4v) is 4.92. The number of methoxy groups -OCH3 is 2. The van der Waals surface area contributed by atoms with E-state index in [1.165, 1.54) is 10.4 Å². The van der Waals surface area contributed by atoms with Crippen molar-refractivity contribution in [3.8, 4) is 11.5 Å². The van der Waals surface area contributed by atoms with Crippen LogP contribution in [-0.2, 0) is 10.0 Å². The zero-order valence-corrected chi connectivity index (χ0v) is 19.2. The lowest BCUT2D eigenvalue weighted by atomic mass is 10.1. The van der Waals surface area contributed by atoms with Crippen LogP contribution in [0.2, 0.25) is 0 Å². The van der Waals surface area contributed by atoms with Crippen molar-refractivity contribution in [1.82, 2.24) is 9.62 Å². The number of sulfonamides is 1. The van der Waals surface area contributed by atoms with Crippen molar-refractivity contribution >= 4 is 15.9 Å². The van der Waals surface area contributed by atoms with Gasteiger partial charge < -0.3 is 14.8 Å². The number of hydrogen-bond acceptors (Lipinski definition) is 5. The van der Waals surface area contributed by atoms with Gasteiger partial charge in [-0.3, -0.25) is 4.79 Å². The summed E-state index contributed by atoms with van der Waals surface area (Å²) in [6.45, 7) is 7.89. The summed E-state index contributed by atoms with van der Waals surface area (Å²) in [5.74, 6) is 0.817. The molecule has 0 bridgehead atoms. The average molecular weight is 435 g/mol. The molecule has 0 fully saturated rings. The van der Waals surface area contributed by atoms with Gasteiger partial charge in [0.15, 0.2) is 11.5 Å². The highest BCUT2D eigenvalue weighted by Crippen LogP contribution is 2.30. The van der Waals surface area contributed by atoms with Gasteiger partial charge in [-0.05, 0) is 49.2 Å². The topological polar surface area (TPSA) is 84.9 Å². The molecule has 2 aromatic rings. The molecule has 0 saturated carbocycles. The average Bonchev–Trinajstić information content (AvgIpc) is 2.73. The van der Waals surface area contributed by atoms with Crippen molar-refractivity contribution in [3.63, 3.8) is 0 Å². The van der Waals surface area contributed by atoms with Crippen molar-refractivity contribution in [2.45, 2.75) is 38.6 Å². The Labute approximate surface area is 179 Å². The summed E-state index contributed by atoms with van der Waals surface area (Å²) in [5, 5.41) is 2.91. The number of aryl methyl sites for hydroxylation is 1. The second kappa shape index (κ2) is 9.95. The second-order valence-corrected chi connectivity index (χ2v) is 8.79. The van der Waals surface area contributed by atoms with E-state index in [4.69, 9.17) is 9.47 Å². The number of hydrogen-bond donors (Lipinski definition) is 1. The molecule has 1 atom stereocenters. The Morgan fingerprint density at radius 1 is 1.03 bits per heavy atom. The van der Waals surface area contributed by atoms with Crippen molar-refractivity contribution in [3.05, 3.63) is 53.1 Å². The maximum absolute atomic E-state index is 12.9. The van der Waals surface area contributed by atoms with Crippen LogP contribution in [0, 0.1) is 6.92 Å². The largest absolute Gasteiger partial charge is 0.493 e. The summed E-state index contributed by atoms with van der Waals surface area (Å²) >= 11 is 0. The molecule has 1 amide bonds. The molecule has 2 rings (SSSR count). The fourth-order valence-electron chi connectivity index (χ4n) is 3.21. The Morgan fingerprint density at radius 3 is 2.23 bits per heavy atom. The SMILES string of the molecule is CCN(CC)S(=O)(=O)c1cc(C(=O)NC(C)c2ccc(OC)c(OC)c2)ccc1C. The van der Waals surface area contributed by atoms with E-state index < -0.39 is 10.0 Å². The van der Waals surface area contributed by atoms with Crippen LogP contribution in [0.25, 0.3) is 0 Å². The molecule has 1 unspecified atom stereocenters. The van der Waals surface area contributed by atoms with Gasteiger partial charge >= 0.3 is 0 Å². The monoisotopic (exact) mass is 434 g/mol. The van der Waals surface area contributed by atoms with Gasteiger partial charge in [-0.15, -0.1) is 0 Å². The van der Waals surface area contributed by atoms with Crippen LogP contribution >= 0.6 is 0 Å². The van der Waals surface area contributed by atoms with E-state index in [-0.39, 0.29) is 16.8 Å². The van der Waals surface area contributed by atoms with E-state index in [9.17, 15) is 13.2 Å². The molecule has 8 heteroatoms. The van der Waals surface area contributed by atoms with Crippen LogP contribution in [0.15, 0.2) is 41.3 Å². The third-order valence-corrected chi connectivity index (χ3v) is 7.22. The molecule has 0 spiro atoms. The molecule has 0 radical (unpaired) electrons. The smallest absolute Gasteiger partial charge is 0.251 e. The normalized spacial score (nSPS) is 12.5. The second-order valence-electron chi connectivity index (χ2n) is 6.88. The first kappa shape index (κ1) is 23.7. The maximum atomic E-state index is 12.9. The van der Waals surface area contributed by atoms with Crippen LogP contribution in [0.1, 0.15) is 48.3 Å². The van der Waals surface area contributed by atoms with Crippen LogP contribution in [0.4, 0.5) is 0 Å². The molecule has 30 heavy (non-hydrogen) atoms. The molecule has 0 aliphatic heterocycles. The van der Waals surface area contributed by atoms with Crippen molar-refractivity contribution in [2.75, 3.05) is 27.3 Å². The lowest BCUT2D eigenvalue weighted by Crippen LogP contribution is -2.32. The first-order valence-corrected chi connectivity index (χ1v) is 11.3. The Bertz CT molecular complexity index is 1000. The summed E-state index contributed by atoms with van der Waals surface area (Å²) < 4.78 is 37.8. The van der Waals surface area contributed by atoms with Crippen LogP contribution in [0.5, 0.6) is 11.5 Å². The number of rotatable bonds is 9. The van der Waals surface area contributed by atoms with Gasteiger partial charge in [0, 0.05) is 18.7 Å². The third kappa shape index (κ3) is 4.94. The van der Waals surface area contributed by atoms with E-state index in [0.717, 1.165) is 5.56 Å². The number of carbonyl (C=O) groups is 1. The number of benzene rings is 2. The zero-order chi connectivity index (χ0) is 22.5. The fraction of sp³-hybridized carbons (Fsp3) is 0.409. The van der Waals surface area contributed by atoms with Gasteiger partial charge in [0.05, 0.1) is 25.2 Å². The van der Waals surface area contributed by atoms with Gasteiger partial charge in [-0.25, -0.2) is 8.42 Å². The summed E-state index contributed by atoms with van der Waals surface area (Å²) in [7, 11) is -0.552. The number of carbonyl (C=O) groups excluding carboxylic acids is 1. The molecule has 164 valence electrons. The summed E-state index contributed by atoms with van der Waals surface area (Å²) in [6.07, 6.45) is 0. The van der Waals surface area contributed by atoms with E-state index in [1.807, 2.05) is 13.0 Å². The summed E-state index contributed by atoms with van der Waals surface area (Å²) in [6, 6.07) is 9.84. The van der Waals surface area contributed by atoms with Gasteiger partial charge in [0.25, 0.3) is 5.91 Å². The summed E-state index contributed by atoms with van der Waals surface area (Å²) in [4.78, 5) is 13.0. The molecule has 0 aromatic heterocycles. The molecule has 7 nitrogen and oxygen atoms in total.